The highest BCUT2D eigenvalue weighted by Gasteiger charge is 2.53. The van der Waals surface area contributed by atoms with E-state index in [9.17, 15) is 35.8 Å². The first-order valence-corrected chi connectivity index (χ1v) is 9.59. The molecule has 0 saturated carbocycles. The summed E-state index contributed by atoms with van der Waals surface area (Å²) in [6, 6.07) is 13.0. The van der Waals surface area contributed by atoms with E-state index in [1.165, 1.54) is 12.1 Å². The summed E-state index contributed by atoms with van der Waals surface area (Å²) in [5.74, 6) is -0.0764. The van der Waals surface area contributed by atoms with E-state index in [0.717, 1.165) is 12.1 Å². The molecule has 4 nitrogen and oxygen atoms in total. The topological polar surface area (TPSA) is 50.7 Å². The first-order valence-electron chi connectivity index (χ1n) is 9.59. The van der Waals surface area contributed by atoms with Gasteiger partial charge in [0, 0.05) is 13.0 Å². The van der Waals surface area contributed by atoms with Crippen LogP contribution in [0.5, 0.6) is 11.5 Å². The molecule has 0 saturated heterocycles. The van der Waals surface area contributed by atoms with Crippen molar-refractivity contribution < 1.29 is 45.3 Å². The average Bonchev–Trinajstić information content (AvgIpc) is 2.72. The monoisotopic (exact) mass is 469 g/mol. The molecule has 32 heavy (non-hydrogen) atoms. The van der Waals surface area contributed by atoms with Crippen molar-refractivity contribution in [1.29, 1.82) is 0 Å². The van der Waals surface area contributed by atoms with E-state index in [2.05, 4.69) is 10.1 Å². The second-order valence-electron chi connectivity index (χ2n) is 6.91. The fourth-order valence-corrected chi connectivity index (χ4v) is 2.70. The standard InChI is InChI=1S/C21H22F7NO3/c22-18(23)20(24,25)32-17-9-4-6-15(14-17)10-11-19(30,21(26,27)28)29-12-5-13-31-16-7-2-1-3-8-16/h1-4,6-9,14,18,29-30H,5,10-13H2. The summed E-state index contributed by atoms with van der Waals surface area (Å²) in [7, 11) is 0. The van der Waals surface area contributed by atoms with Crippen LogP contribution >= 0.6 is 0 Å². The van der Waals surface area contributed by atoms with E-state index in [1.807, 2.05) is 0 Å². The third-order valence-electron chi connectivity index (χ3n) is 4.40. The summed E-state index contributed by atoms with van der Waals surface area (Å²) >= 11 is 0. The second kappa shape index (κ2) is 10.9. The molecule has 0 aliphatic rings. The Balaban J connectivity index is 1.92. The number of aryl methyl sites for hydroxylation is 1. The molecule has 2 N–H and O–H groups in total. The maximum absolute atomic E-state index is 13.4. The van der Waals surface area contributed by atoms with Crippen LogP contribution in [-0.4, -0.2) is 42.7 Å². The number of rotatable bonds is 12. The molecule has 0 spiro atoms. The number of benzene rings is 2. The smallest absolute Gasteiger partial charge is 0.461 e. The number of para-hydroxylation sites is 1. The summed E-state index contributed by atoms with van der Waals surface area (Å²) in [6.45, 7) is -0.102. The molecule has 1 atom stereocenters. The van der Waals surface area contributed by atoms with Crippen molar-refractivity contribution in [3.05, 3.63) is 60.2 Å². The highest BCUT2D eigenvalue weighted by atomic mass is 19.4. The summed E-state index contributed by atoms with van der Waals surface area (Å²) in [6.07, 6.45) is -14.9. The van der Waals surface area contributed by atoms with Gasteiger partial charge in [0.1, 0.15) is 11.5 Å². The average molecular weight is 469 g/mol. The van der Waals surface area contributed by atoms with Gasteiger partial charge in [0.25, 0.3) is 0 Å². The van der Waals surface area contributed by atoms with Gasteiger partial charge in [-0.2, -0.15) is 30.7 Å². The predicted molar refractivity (Wildman–Crippen MR) is 102 cm³/mol. The van der Waals surface area contributed by atoms with Crippen molar-refractivity contribution in [2.75, 3.05) is 13.2 Å². The van der Waals surface area contributed by atoms with Crippen LogP contribution < -0.4 is 14.8 Å². The van der Waals surface area contributed by atoms with E-state index < -0.39 is 36.6 Å². The van der Waals surface area contributed by atoms with Crippen LogP contribution in [0.15, 0.2) is 54.6 Å². The molecule has 0 aliphatic heterocycles. The van der Waals surface area contributed by atoms with E-state index in [-0.39, 0.29) is 31.6 Å². The molecule has 0 bridgehead atoms. The molecular formula is C21H22F7NO3. The van der Waals surface area contributed by atoms with Crippen LogP contribution in [0.2, 0.25) is 0 Å². The summed E-state index contributed by atoms with van der Waals surface area (Å²) < 4.78 is 100. The molecular weight excluding hydrogens is 447 g/mol. The van der Waals surface area contributed by atoms with Gasteiger partial charge in [0.2, 0.25) is 5.72 Å². The van der Waals surface area contributed by atoms with Crippen LogP contribution in [0.3, 0.4) is 0 Å². The van der Waals surface area contributed by atoms with E-state index >= 15 is 0 Å². The maximum Gasteiger partial charge on any atom is 0.461 e. The van der Waals surface area contributed by atoms with Gasteiger partial charge in [0.05, 0.1) is 6.61 Å². The highest BCUT2D eigenvalue weighted by molar-refractivity contribution is 5.29. The molecule has 1 unspecified atom stereocenters. The zero-order chi connectivity index (χ0) is 23.8. The summed E-state index contributed by atoms with van der Waals surface area (Å²) in [5.41, 5.74) is -3.16. The summed E-state index contributed by atoms with van der Waals surface area (Å²) in [5, 5.41) is 12.2. The fourth-order valence-electron chi connectivity index (χ4n) is 2.70. The SMILES string of the molecule is OC(CCc1cccc(OC(F)(F)C(F)F)c1)(NCCCOc1ccccc1)C(F)(F)F. The molecule has 11 heteroatoms. The van der Waals surface area contributed by atoms with Gasteiger partial charge in [0.15, 0.2) is 0 Å². The Bertz CT molecular complexity index is 834. The van der Waals surface area contributed by atoms with Crippen LogP contribution in [0.25, 0.3) is 0 Å². The first kappa shape index (κ1) is 25.7. The van der Waals surface area contributed by atoms with Crippen molar-refractivity contribution in [3.63, 3.8) is 0 Å². The number of hydrogen-bond acceptors (Lipinski definition) is 4. The van der Waals surface area contributed by atoms with Gasteiger partial charge in [-0.1, -0.05) is 30.3 Å². The molecule has 0 heterocycles. The Kier molecular flexibility index (Phi) is 8.73. The fraction of sp³-hybridized carbons (Fsp3) is 0.429. The third kappa shape index (κ3) is 7.56. The van der Waals surface area contributed by atoms with Crippen molar-refractivity contribution in [1.82, 2.24) is 5.32 Å². The number of nitrogens with one attached hydrogen (secondary N) is 1. The Labute approximate surface area is 180 Å². The molecule has 0 aromatic heterocycles. The Hall–Kier alpha value is -2.53. The minimum Gasteiger partial charge on any atom is -0.494 e. The van der Waals surface area contributed by atoms with Crippen LogP contribution in [0, 0.1) is 0 Å². The van der Waals surface area contributed by atoms with Gasteiger partial charge >= 0.3 is 18.7 Å². The lowest BCUT2D eigenvalue weighted by Gasteiger charge is -2.31. The number of ether oxygens (including phenoxy) is 2. The van der Waals surface area contributed by atoms with Gasteiger partial charge in [-0.3, -0.25) is 5.32 Å². The lowest BCUT2D eigenvalue weighted by molar-refractivity contribution is -0.275. The van der Waals surface area contributed by atoms with E-state index in [0.29, 0.717) is 5.75 Å². The number of hydrogen-bond donors (Lipinski definition) is 2. The Morgan fingerprint density at radius 1 is 0.906 bits per heavy atom. The van der Waals surface area contributed by atoms with Gasteiger partial charge in [-0.25, -0.2) is 0 Å². The number of alkyl halides is 7. The van der Waals surface area contributed by atoms with Crippen molar-refractivity contribution in [2.45, 2.75) is 43.7 Å². The van der Waals surface area contributed by atoms with Crippen LogP contribution in [0.1, 0.15) is 18.4 Å². The molecule has 2 aromatic rings. The van der Waals surface area contributed by atoms with E-state index in [1.54, 1.807) is 30.3 Å². The number of aliphatic hydroxyl groups is 1. The lowest BCUT2D eigenvalue weighted by atomic mass is 10.0. The zero-order valence-corrected chi connectivity index (χ0v) is 16.7. The minimum atomic E-state index is -5.02. The molecule has 2 rings (SSSR count). The third-order valence-corrected chi connectivity index (χ3v) is 4.40. The molecule has 2 aromatic carbocycles. The largest absolute Gasteiger partial charge is 0.494 e. The maximum atomic E-state index is 13.4. The van der Waals surface area contributed by atoms with Gasteiger partial charge in [-0.05, 0) is 42.7 Å². The molecule has 0 fully saturated rings. The Morgan fingerprint density at radius 3 is 2.19 bits per heavy atom. The number of halogens is 7. The highest BCUT2D eigenvalue weighted by Crippen LogP contribution is 2.33. The van der Waals surface area contributed by atoms with Crippen LogP contribution in [0.4, 0.5) is 30.7 Å². The van der Waals surface area contributed by atoms with E-state index in [4.69, 9.17) is 4.74 Å². The molecule has 0 radical (unpaired) electrons. The van der Waals surface area contributed by atoms with Gasteiger partial charge in [-0.15, -0.1) is 0 Å². The second-order valence-corrected chi connectivity index (χ2v) is 6.91. The zero-order valence-electron chi connectivity index (χ0n) is 16.7. The lowest BCUT2D eigenvalue weighted by Crippen LogP contribution is -2.57. The molecule has 0 amide bonds. The van der Waals surface area contributed by atoms with Crippen molar-refractivity contribution >= 4 is 0 Å². The normalized spacial score (nSPS) is 14.3. The predicted octanol–water partition coefficient (Wildman–Crippen LogP) is 5.17. The Morgan fingerprint density at radius 2 is 1.56 bits per heavy atom. The first-order chi connectivity index (χ1) is 14.9. The quantitative estimate of drug-likeness (QED) is 0.256. The summed E-state index contributed by atoms with van der Waals surface area (Å²) in [4.78, 5) is 0. The van der Waals surface area contributed by atoms with Gasteiger partial charge < -0.3 is 14.6 Å². The molecule has 0 aliphatic carbocycles. The van der Waals surface area contributed by atoms with Crippen molar-refractivity contribution in [3.8, 4) is 11.5 Å². The van der Waals surface area contributed by atoms with Crippen LogP contribution in [-0.2, 0) is 6.42 Å². The minimum absolute atomic E-state index is 0.0875. The van der Waals surface area contributed by atoms with Crippen molar-refractivity contribution in [2.24, 2.45) is 0 Å². The molecule has 178 valence electrons.